The first-order valence-corrected chi connectivity index (χ1v) is 4.16. The SMILES string of the molecule is CC.CC(C)C.c1nncnn1. The van der Waals surface area contributed by atoms with Crippen molar-refractivity contribution in [3.8, 4) is 0 Å². The summed E-state index contributed by atoms with van der Waals surface area (Å²) in [6, 6.07) is 0. The second kappa shape index (κ2) is 12.6. The molecule has 1 rings (SSSR count). The highest BCUT2D eigenvalue weighted by Gasteiger charge is 1.68. The summed E-state index contributed by atoms with van der Waals surface area (Å²) in [4.78, 5) is 0. The second-order valence-corrected chi connectivity index (χ2v) is 2.42. The number of rotatable bonds is 0. The lowest BCUT2D eigenvalue weighted by Gasteiger charge is -1.79. The van der Waals surface area contributed by atoms with Crippen LogP contribution in [0.15, 0.2) is 12.7 Å². The molecule has 0 atom stereocenters. The maximum atomic E-state index is 3.36. The van der Waals surface area contributed by atoms with Gasteiger partial charge in [0, 0.05) is 0 Å². The van der Waals surface area contributed by atoms with Gasteiger partial charge in [-0.05, 0) is 5.92 Å². The third kappa shape index (κ3) is 23.1. The summed E-state index contributed by atoms with van der Waals surface area (Å²) in [7, 11) is 0. The molecule has 0 aromatic carbocycles. The fourth-order valence-electron chi connectivity index (χ4n) is 0.165. The maximum Gasteiger partial charge on any atom is 0.160 e. The summed E-state index contributed by atoms with van der Waals surface area (Å²) < 4.78 is 0. The summed E-state index contributed by atoms with van der Waals surface area (Å²) in [5, 5.41) is 13.4. The monoisotopic (exact) mass is 170 g/mol. The topological polar surface area (TPSA) is 51.6 Å². The van der Waals surface area contributed by atoms with Gasteiger partial charge in [-0.2, -0.15) is 0 Å². The zero-order chi connectivity index (χ0) is 9.82. The molecule has 0 radical (unpaired) electrons. The van der Waals surface area contributed by atoms with E-state index in [9.17, 15) is 0 Å². The molecule has 0 N–H and O–H groups in total. The Kier molecular flexibility index (Phi) is 14.2. The predicted octanol–water partition coefficient (Wildman–Crippen LogP) is 1.96. The highest BCUT2D eigenvalue weighted by molar-refractivity contribution is 4.35. The fraction of sp³-hybridized carbons (Fsp3) is 0.750. The molecule has 0 bridgehead atoms. The van der Waals surface area contributed by atoms with Crippen LogP contribution < -0.4 is 0 Å². The largest absolute Gasteiger partial charge is 0.160 e. The van der Waals surface area contributed by atoms with Crippen molar-refractivity contribution in [3.05, 3.63) is 12.7 Å². The molecule has 0 amide bonds. The third-order valence-electron chi connectivity index (χ3n) is 0.340. The molecule has 1 heterocycles. The Bertz CT molecular complexity index is 112. The zero-order valence-corrected chi connectivity index (χ0v) is 8.52. The van der Waals surface area contributed by atoms with E-state index in [4.69, 9.17) is 0 Å². The Hall–Kier alpha value is -1.06. The van der Waals surface area contributed by atoms with Gasteiger partial charge in [0.05, 0.1) is 0 Å². The van der Waals surface area contributed by atoms with Crippen LogP contribution in [0.5, 0.6) is 0 Å². The van der Waals surface area contributed by atoms with Gasteiger partial charge in [0.15, 0.2) is 12.7 Å². The van der Waals surface area contributed by atoms with E-state index in [1.807, 2.05) is 13.8 Å². The Balaban J connectivity index is 0. The van der Waals surface area contributed by atoms with Crippen LogP contribution in [0.25, 0.3) is 0 Å². The molecule has 0 aliphatic heterocycles. The van der Waals surface area contributed by atoms with Crippen molar-refractivity contribution in [1.29, 1.82) is 0 Å². The van der Waals surface area contributed by atoms with Crippen LogP contribution >= 0.6 is 0 Å². The smallest absolute Gasteiger partial charge is 0.135 e. The average molecular weight is 170 g/mol. The molecule has 0 saturated heterocycles. The molecule has 0 spiro atoms. The van der Waals surface area contributed by atoms with E-state index in [-0.39, 0.29) is 0 Å². The molecule has 1 aromatic heterocycles. The molecule has 12 heavy (non-hydrogen) atoms. The van der Waals surface area contributed by atoms with Crippen molar-refractivity contribution < 1.29 is 0 Å². The first-order valence-electron chi connectivity index (χ1n) is 4.16. The van der Waals surface area contributed by atoms with Crippen LogP contribution in [0.3, 0.4) is 0 Å². The van der Waals surface area contributed by atoms with Crippen LogP contribution in [0.4, 0.5) is 0 Å². The number of hydrogen-bond donors (Lipinski definition) is 0. The first kappa shape index (κ1) is 13.5. The van der Waals surface area contributed by atoms with Crippen LogP contribution in [0.1, 0.15) is 34.6 Å². The van der Waals surface area contributed by atoms with Gasteiger partial charge in [-0.3, -0.25) is 0 Å². The Morgan fingerprint density at radius 3 is 1.00 bits per heavy atom. The number of aromatic nitrogens is 4. The van der Waals surface area contributed by atoms with E-state index < -0.39 is 0 Å². The van der Waals surface area contributed by atoms with Crippen LogP contribution in [-0.2, 0) is 0 Å². The minimum Gasteiger partial charge on any atom is -0.135 e. The molecule has 70 valence electrons. The fourth-order valence-corrected chi connectivity index (χ4v) is 0.165. The Labute approximate surface area is 74.4 Å². The molecule has 4 nitrogen and oxygen atoms in total. The molecular weight excluding hydrogens is 152 g/mol. The van der Waals surface area contributed by atoms with Crippen LogP contribution in [0, 0.1) is 5.92 Å². The maximum absolute atomic E-state index is 3.36. The molecule has 0 aliphatic rings. The molecule has 1 aromatic rings. The highest BCUT2D eigenvalue weighted by atomic mass is 15.2. The van der Waals surface area contributed by atoms with E-state index in [0.717, 1.165) is 5.92 Å². The van der Waals surface area contributed by atoms with E-state index in [0.29, 0.717) is 0 Å². The van der Waals surface area contributed by atoms with Crippen molar-refractivity contribution in [2.45, 2.75) is 34.6 Å². The van der Waals surface area contributed by atoms with Gasteiger partial charge in [-0.1, -0.05) is 34.6 Å². The van der Waals surface area contributed by atoms with Crippen molar-refractivity contribution in [2.24, 2.45) is 5.92 Å². The summed E-state index contributed by atoms with van der Waals surface area (Å²) in [6.45, 7) is 10.5. The normalized spacial score (nSPS) is 7.50. The highest BCUT2D eigenvalue weighted by Crippen LogP contribution is 1.81. The third-order valence-corrected chi connectivity index (χ3v) is 0.340. The summed E-state index contributed by atoms with van der Waals surface area (Å²) in [6.07, 6.45) is 2.56. The van der Waals surface area contributed by atoms with Crippen molar-refractivity contribution >= 4 is 0 Å². The van der Waals surface area contributed by atoms with Crippen molar-refractivity contribution in [1.82, 2.24) is 20.4 Å². The Morgan fingerprint density at radius 2 is 0.917 bits per heavy atom. The summed E-state index contributed by atoms with van der Waals surface area (Å²) in [5.41, 5.74) is 0. The molecular formula is C8H18N4. The van der Waals surface area contributed by atoms with Crippen molar-refractivity contribution in [2.75, 3.05) is 0 Å². The molecule has 0 aliphatic carbocycles. The van der Waals surface area contributed by atoms with Gasteiger partial charge < -0.3 is 0 Å². The lowest BCUT2D eigenvalue weighted by molar-refractivity contribution is 0.737. The van der Waals surface area contributed by atoms with E-state index in [2.05, 4.69) is 41.2 Å². The van der Waals surface area contributed by atoms with Gasteiger partial charge in [-0.15, -0.1) is 20.4 Å². The van der Waals surface area contributed by atoms with Gasteiger partial charge in [0.2, 0.25) is 0 Å². The first-order chi connectivity index (χ1) is 5.73. The quantitative estimate of drug-likeness (QED) is 0.597. The minimum atomic E-state index is 0.833. The van der Waals surface area contributed by atoms with Crippen LogP contribution in [-0.4, -0.2) is 20.4 Å². The van der Waals surface area contributed by atoms with Crippen molar-refractivity contribution in [3.63, 3.8) is 0 Å². The predicted molar refractivity (Wildman–Crippen MR) is 49.5 cm³/mol. The van der Waals surface area contributed by atoms with E-state index in [1.54, 1.807) is 0 Å². The zero-order valence-electron chi connectivity index (χ0n) is 8.52. The van der Waals surface area contributed by atoms with Gasteiger partial charge >= 0.3 is 0 Å². The van der Waals surface area contributed by atoms with E-state index in [1.165, 1.54) is 12.7 Å². The van der Waals surface area contributed by atoms with Gasteiger partial charge in [0.25, 0.3) is 0 Å². The second-order valence-electron chi connectivity index (χ2n) is 2.42. The Morgan fingerprint density at radius 1 is 0.750 bits per heavy atom. The summed E-state index contributed by atoms with van der Waals surface area (Å²) >= 11 is 0. The lowest BCUT2D eigenvalue weighted by Crippen LogP contribution is -1.81. The molecule has 0 fully saturated rings. The molecule has 0 unspecified atom stereocenters. The number of nitrogens with zero attached hydrogens (tertiary/aromatic N) is 4. The average Bonchev–Trinajstić information content (AvgIpc) is 2.10. The summed E-state index contributed by atoms with van der Waals surface area (Å²) in [5.74, 6) is 0.833. The lowest BCUT2D eigenvalue weighted by atomic mass is 10.3. The van der Waals surface area contributed by atoms with Gasteiger partial charge in [0.1, 0.15) is 0 Å². The molecule has 0 saturated carbocycles. The molecule has 4 heteroatoms. The van der Waals surface area contributed by atoms with E-state index >= 15 is 0 Å². The standard InChI is InChI=1S/C4H10.C2H2N4.C2H6/c1-4(2)3;1-3-5-2-6-4-1;1-2/h4H,1-3H3;1-2H;1-2H3. The van der Waals surface area contributed by atoms with Crippen LogP contribution in [0.2, 0.25) is 0 Å². The number of hydrogen-bond acceptors (Lipinski definition) is 4. The minimum absolute atomic E-state index is 0.833. The van der Waals surface area contributed by atoms with Gasteiger partial charge in [-0.25, -0.2) is 0 Å².